The van der Waals surface area contributed by atoms with Gasteiger partial charge in [0.05, 0.1) is 5.56 Å². The molecule has 1 aromatic heterocycles. The second-order valence-electron chi connectivity index (χ2n) is 3.22. The van der Waals surface area contributed by atoms with Crippen LogP contribution in [-0.2, 0) is 4.79 Å². The van der Waals surface area contributed by atoms with Gasteiger partial charge in [-0.1, -0.05) is 0 Å². The van der Waals surface area contributed by atoms with Crippen molar-refractivity contribution < 1.29 is 24.2 Å². The second-order valence-corrected chi connectivity index (χ2v) is 3.22. The van der Waals surface area contributed by atoms with Crippen LogP contribution >= 0.6 is 0 Å². The molecule has 0 aliphatic carbocycles. The van der Waals surface area contributed by atoms with Crippen molar-refractivity contribution in [3.8, 4) is 0 Å². The van der Waals surface area contributed by atoms with E-state index in [1.165, 1.54) is 6.07 Å². The third kappa shape index (κ3) is 3.72. The molecule has 1 heterocycles. The summed E-state index contributed by atoms with van der Waals surface area (Å²) in [7, 11) is 0. The van der Waals surface area contributed by atoms with Crippen molar-refractivity contribution in [2.24, 2.45) is 0 Å². The predicted molar refractivity (Wildman–Crippen MR) is 55.6 cm³/mol. The Morgan fingerprint density at radius 3 is 2.59 bits per heavy atom. The average molecular weight is 241 g/mol. The molecule has 0 aliphatic heterocycles. The molecule has 0 fully saturated rings. The van der Waals surface area contributed by atoms with Gasteiger partial charge in [0.1, 0.15) is 12.3 Å². The van der Waals surface area contributed by atoms with Gasteiger partial charge in [-0.05, 0) is 6.07 Å². The van der Waals surface area contributed by atoms with Gasteiger partial charge >= 0.3 is 11.6 Å². The number of carboxylic acids is 1. The van der Waals surface area contributed by atoms with Crippen molar-refractivity contribution in [1.29, 1.82) is 0 Å². The molecule has 1 atom stereocenters. The Labute approximate surface area is 95.7 Å². The average Bonchev–Trinajstić information content (AvgIpc) is 2.29. The quantitative estimate of drug-likeness (QED) is 0.621. The van der Waals surface area contributed by atoms with E-state index >= 15 is 0 Å². The van der Waals surface area contributed by atoms with Crippen LogP contribution in [0.25, 0.3) is 0 Å². The maximum absolute atomic E-state index is 11.5. The zero-order valence-corrected chi connectivity index (χ0v) is 8.75. The van der Waals surface area contributed by atoms with Crippen molar-refractivity contribution in [3.63, 3.8) is 0 Å². The number of nitrogens with one attached hydrogen (secondary N) is 1. The highest BCUT2D eigenvalue weighted by molar-refractivity contribution is 5.96. The lowest BCUT2D eigenvalue weighted by atomic mass is 10.2. The Balaban J connectivity index is 2.73. The van der Waals surface area contributed by atoms with Crippen LogP contribution in [0.5, 0.6) is 0 Å². The Morgan fingerprint density at radius 2 is 2.12 bits per heavy atom. The van der Waals surface area contributed by atoms with Crippen LogP contribution in [0.4, 0.5) is 0 Å². The van der Waals surface area contributed by atoms with Crippen molar-refractivity contribution in [2.75, 3.05) is 6.61 Å². The number of aliphatic hydroxyl groups is 1. The summed E-state index contributed by atoms with van der Waals surface area (Å²) in [5.41, 5.74) is -0.569. The molecule has 0 bridgehead atoms. The first-order valence-electron chi connectivity index (χ1n) is 4.78. The first-order chi connectivity index (χ1) is 8.04. The molecule has 3 N–H and O–H groups in total. The highest BCUT2D eigenvalue weighted by Crippen LogP contribution is 1.98. The predicted octanol–water partition coefficient (Wildman–Crippen LogP) is -0.795. The minimum absolute atomic E-state index is 0.0359. The molecule has 0 aliphatic rings. The normalized spacial score (nSPS) is 11.8. The number of carbonyl (C=O) groups is 2. The number of hydrogen-bond acceptors (Lipinski definition) is 5. The molecule has 0 saturated carbocycles. The van der Waals surface area contributed by atoms with E-state index in [2.05, 4.69) is 9.73 Å². The number of rotatable bonds is 5. The summed E-state index contributed by atoms with van der Waals surface area (Å²) in [6, 6.07) is 1.09. The Kier molecular flexibility index (Phi) is 4.41. The molecule has 92 valence electrons. The van der Waals surface area contributed by atoms with Gasteiger partial charge in [-0.15, -0.1) is 0 Å². The number of hydrogen-bond donors (Lipinski definition) is 3. The number of carbonyl (C=O) groups excluding carboxylic acids is 1. The Morgan fingerprint density at radius 1 is 1.41 bits per heavy atom. The molecular formula is C10H11NO6. The zero-order chi connectivity index (χ0) is 12.8. The number of aliphatic carboxylic acids is 1. The lowest BCUT2D eigenvalue weighted by Crippen LogP contribution is -2.41. The van der Waals surface area contributed by atoms with Gasteiger partial charge in [0, 0.05) is 19.1 Å². The molecule has 0 radical (unpaired) electrons. The maximum atomic E-state index is 11.5. The molecule has 7 heteroatoms. The van der Waals surface area contributed by atoms with E-state index in [-0.39, 0.29) is 18.6 Å². The van der Waals surface area contributed by atoms with Gasteiger partial charge in [-0.3, -0.25) is 4.79 Å². The van der Waals surface area contributed by atoms with Crippen LogP contribution in [0.2, 0.25) is 0 Å². The van der Waals surface area contributed by atoms with Gasteiger partial charge in [0.15, 0.2) is 0 Å². The van der Waals surface area contributed by atoms with E-state index in [9.17, 15) is 14.4 Å². The highest BCUT2D eigenvalue weighted by Gasteiger charge is 2.20. The Hall–Kier alpha value is -2.15. The summed E-state index contributed by atoms with van der Waals surface area (Å²) in [5.74, 6) is -1.93. The molecule has 1 amide bonds. The molecule has 17 heavy (non-hydrogen) atoms. The molecule has 1 unspecified atom stereocenters. The van der Waals surface area contributed by atoms with Gasteiger partial charge in [0.25, 0.3) is 5.91 Å². The molecular weight excluding hydrogens is 230 g/mol. The van der Waals surface area contributed by atoms with Crippen molar-refractivity contribution in [2.45, 2.75) is 12.5 Å². The van der Waals surface area contributed by atoms with Crippen molar-refractivity contribution in [1.82, 2.24) is 5.32 Å². The summed E-state index contributed by atoms with van der Waals surface area (Å²) in [5, 5.41) is 19.6. The molecule has 0 saturated heterocycles. The minimum Gasteiger partial charge on any atom is -0.480 e. The SMILES string of the molecule is O=C(NC(CCO)C(=O)O)c1ccc(=O)oc1. The summed E-state index contributed by atoms with van der Waals surface area (Å²) >= 11 is 0. The third-order valence-corrected chi connectivity index (χ3v) is 1.98. The molecule has 0 aromatic carbocycles. The van der Waals surface area contributed by atoms with Crippen LogP contribution in [0, 0.1) is 0 Å². The summed E-state index contributed by atoms with van der Waals surface area (Å²) in [4.78, 5) is 32.9. The molecule has 1 aromatic rings. The summed E-state index contributed by atoms with van der Waals surface area (Å²) < 4.78 is 4.47. The monoisotopic (exact) mass is 241 g/mol. The first-order valence-corrected chi connectivity index (χ1v) is 4.78. The zero-order valence-electron chi connectivity index (χ0n) is 8.75. The van der Waals surface area contributed by atoms with Crippen molar-refractivity contribution in [3.05, 3.63) is 34.4 Å². The van der Waals surface area contributed by atoms with Crippen LogP contribution in [-0.4, -0.2) is 34.7 Å². The highest BCUT2D eigenvalue weighted by atomic mass is 16.4. The van der Waals surface area contributed by atoms with E-state index in [1.54, 1.807) is 0 Å². The molecule has 7 nitrogen and oxygen atoms in total. The smallest absolute Gasteiger partial charge is 0.335 e. The number of aliphatic hydroxyl groups excluding tert-OH is 1. The van der Waals surface area contributed by atoms with Gasteiger partial charge in [0.2, 0.25) is 0 Å². The van der Waals surface area contributed by atoms with Gasteiger partial charge < -0.3 is 19.9 Å². The van der Waals surface area contributed by atoms with Crippen molar-refractivity contribution >= 4 is 11.9 Å². The van der Waals surface area contributed by atoms with Crippen LogP contribution < -0.4 is 10.9 Å². The van der Waals surface area contributed by atoms with E-state index in [1.807, 2.05) is 0 Å². The lowest BCUT2D eigenvalue weighted by molar-refractivity contribution is -0.139. The fourth-order valence-corrected chi connectivity index (χ4v) is 1.12. The van der Waals surface area contributed by atoms with Crippen LogP contribution in [0.1, 0.15) is 16.8 Å². The second kappa shape index (κ2) is 5.80. The minimum atomic E-state index is -1.25. The molecule has 0 spiro atoms. The first kappa shape index (κ1) is 12.9. The Bertz CT molecular complexity index is 446. The van der Waals surface area contributed by atoms with Gasteiger partial charge in [-0.2, -0.15) is 0 Å². The fraction of sp³-hybridized carbons (Fsp3) is 0.300. The van der Waals surface area contributed by atoms with E-state index < -0.39 is 23.5 Å². The largest absolute Gasteiger partial charge is 0.480 e. The standard InChI is InChI=1S/C10H11NO6/c12-4-3-7(10(15)16)11-9(14)6-1-2-8(13)17-5-6/h1-2,5,7,12H,3-4H2,(H,11,14)(H,15,16). The topological polar surface area (TPSA) is 117 Å². The van der Waals surface area contributed by atoms with Gasteiger partial charge in [-0.25, -0.2) is 9.59 Å². The fourth-order valence-electron chi connectivity index (χ4n) is 1.12. The number of carboxylic acid groups (broad SMARTS) is 1. The van der Waals surface area contributed by atoms with E-state index in [0.717, 1.165) is 12.3 Å². The van der Waals surface area contributed by atoms with E-state index in [0.29, 0.717) is 0 Å². The maximum Gasteiger partial charge on any atom is 0.335 e. The lowest BCUT2D eigenvalue weighted by Gasteiger charge is -2.12. The third-order valence-electron chi connectivity index (χ3n) is 1.98. The number of amides is 1. The van der Waals surface area contributed by atoms with E-state index in [4.69, 9.17) is 10.2 Å². The summed E-state index contributed by atoms with van der Waals surface area (Å²) in [6.07, 6.45) is 0.841. The van der Waals surface area contributed by atoms with Crippen LogP contribution in [0.15, 0.2) is 27.6 Å². The summed E-state index contributed by atoms with van der Waals surface area (Å²) in [6.45, 7) is -0.360. The van der Waals surface area contributed by atoms with Crippen LogP contribution in [0.3, 0.4) is 0 Å². The molecule has 1 rings (SSSR count).